The lowest BCUT2D eigenvalue weighted by atomic mass is 10.4. The number of halogens is 3. The second-order valence-corrected chi connectivity index (χ2v) is 4.43. The number of hydrogen-bond donors (Lipinski definition) is 2. The van der Waals surface area contributed by atoms with Gasteiger partial charge >= 0.3 is 6.18 Å². The van der Waals surface area contributed by atoms with E-state index in [-0.39, 0.29) is 11.6 Å². The predicted molar refractivity (Wildman–Crippen MR) is 74.4 cm³/mol. The first kappa shape index (κ1) is 17.4. The Hall–Kier alpha value is -1.61. The second-order valence-electron chi connectivity index (χ2n) is 4.43. The molecule has 0 aliphatic carbocycles. The molecule has 0 fully saturated rings. The summed E-state index contributed by atoms with van der Waals surface area (Å²) in [5, 5.41) is 5.45. The van der Waals surface area contributed by atoms with Crippen molar-refractivity contribution in [1.29, 1.82) is 0 Å². The first-order valence-electron chi connectivity index (χ1n) is 6.42. The molecule has 0 saturated carbocycles. The minimum absolute atomic E-state index is 0.118. The number of ether oxygens (including phenoxy) is 1. The van der Waals surface area contributed by atoms with Gasteiger partial charge in [-0.1, -0.05) is 0 Å². The molecule has 21 heavy (non-hydrogen) atoms. The van der Waals surface area contributed by atoms with Gasteiger partial charge in [0.15, 0.2) is 0 Å². The summed E-state index contributed by atoms with van der Waals surface area (Å²) in [6.07, 6.45) is -4.57. The zero-order valence-corrected chi connectivity index (χ0v) is 12.3. The van der Waals surface area contributed by atoms with E-state index in [4.69, 9.17) is 4.74 Å². The molecule has 6 nitrogen and oxygen atoms in total. The van der Waals surface area contributed by atoms with Gasteiger partial charge in [-0.2, -0.15) is 13.2 Å². The van der Waals surface area contributed by atoms with E-state index >= 15 is 0 Å². The Bertz CT molecular complexity index is 441. The van der Waals surface area contributed by atoms with Gasteiger partial charge in [0.2, 0.25) is 5.82 Å². The molecule has 0 spiro atoms. The van der Waals surface area contributed by atoms with Crippen molar-refractivity contribution in [2.45, 2.75) is 6.18 Å². The monoisotopic (exact) mass is 307 g/mol. The van der Waals surface area contributed by atoms with Gasteiger partial charge in [-0.25, -0.2) is 9.97 Å². The van der Waals surface area contributed by atoms with Gasteiger partial charge in [-0.05, 0) is 7.05 Å². The van der Waals surface area contributed by atoms with Gasteiger partial charge in [0.05, 0.1) is 6.61 Å². The fraction of sp³-hybridized carbons (Fsp3) is 0.667. The molecular formula is C12H20F3N5O. The molecule has 0 aliphatic rings. The van der Waals surface area contributed by atoms with Gasteiger partial charge in [-0.15, -0.1) is 0 Å². The SMILES string of the molecule is CNc1cc(NCCN(C)CCOC)nc(C(F)(F)F)n1. The molecule has 1 aromatic rings. The summed E-state index contributed by atoms with van der Waals surface area (Å²) < 4.78 is 43.0. The Morgan fingerprint density at radius 3 is 2.48 bits per heavy atom. The fourth-order valence-electron chi connectivity index (χ4n) is 1.53. The summed E-state index contributed by atoms with van der Waals surface area (Å²) in [6, 6.07) is 1.43. The molecule has 2 N–H and O–H groups in total. The highest BCUT2D eigenvalue weighted by Gasteiger charge is 2.35. The third kappa shape index (κ3) is 6.13. The Morgan fingerprint density at radius 2 is 1.90 bits per heavy atom. The van der Waals surface area contributed by atoms with Crippen LogP contribution >= 0.6 is 0 Å². The summed E-state index contributed by atoms with van der Waals surface area (Å²) in [5.74, 6) is -0.904. The van der Waals surface area contributed by atoms with Gasteiger partial charge in [0, 0.05) is 39.9 Å². The maximum atomic E-state index is 12.7. The van der Waals surface area contributed by atoms with Crippen molar-refractivity contribution in [3.8, 4) is 0 Å². The molecule has 1 heterocycles. The fourth-order valence-corrected chi connectivity index (χ4v) is 1.53. The number of likely N-dealkylation sites (N-methyl/N-ethyl adjacent to an activating group) is 1. The Labute approximate surface area is 121 Å². The van der Waals surface area contributed by atoms with E-state index in [0.29, 0.717) is 19.7 Å². The van der Waals surface area contributed by atoms with Crippen LogP contribution in [0.5, 0.6) is 0 Å². The second kappa shape index (κ2) is 7.99. The molecule has 0 radical (unpaired) electrons. The Kier molecular flexibility index (Phi) is 6.63. The first-order chi connectivity index (χ1) is 9.86. The summed E-state index contributed by atoms with van der Waals surface area (Å²) >= 11 is 0. The van der Waals surface area contributed by atoms with E-state index in [1.54, 1.807) is 7.11 Å². The van der Waals surface area contributed by atoms with E-state index < -0.39 is 12.0 Å². The highest BCUT2D eigenvalue weighted by Crippen LogP contribution is 2.28. The molecule has 0 bridgehead atoms. The topological polar surface area (TPSA) is 62.3 Å². The quantitative estimate of drug-likeness (QED) is 0.759. The number of methoxy groups -OCH3 is 1. The van der Waals surface area contributed by atoms with Crippen molar-refractivity contribution < 1.29 is 17.9 Å². The van der Waals surface area contributed by atoms with Crippen molar-refractivity contribution in [1.82, 2.24) is 14.9 Å². The molecule has 120 valence electrons. The maximum Gasteiger partial charge on any atom is 0.451 e. The normalized spacial score (nSPS) is 11.8. The molecule has 0 aliphatic heterocycles. The number of hydrogen-bond acceptors (Lipinski definition) is 6. The number of alkyl halides is 3. The summed E-state index contributed by atoms with van der Waals surface area (Å²) in [5.41, 5.74) is 0. The molecule has 0 unspecified atom stereocenters. The number of nitrogens with one attached hydrogen (secondary N) is 2. The van der Waals surface area contributed by atoms with Crippen LogP contribution in [0.1, 0.15) is 5.82 Å². The van der Waals surface area contributed by atoms with Crippen LogP contribution in [-0.2, 0) is 10.9 Å². The third-order valence-corrected chi connectivity index (χ3v) is 2.71. The number of anilines is 2. The van der Waals surface area contributed by atoms with Crippen molar-refractivity contribution >= 4 is 11.6 Å². The van der Waals surface area contributed by atoms with E-state index in [1.165, 1.54) is 13.1 Å². The van der Waals surface area contributed by atoms with Crippen LogP contribution in [0.4, 0.5) is 24.8 Å². The van der Waals surface area contributed by atoms with Crippen LogP contribution < -0.4 is 10.6 Å². The van der Waals surface area contributed by atoms with Crippen LogP contribution in [0.15, 0.2) is 6.07 Å². The lowest BCUT2D eigenvalue weighted by Crippen LogP contribution is -2.28. The van der Waals surface area contributed by atoms with Crippen LogP contribution in [0.2, 0.25) is 0 Å². The van der Waals surface area contributed by atoms with Gasteiger partial charge in [0.1, 0.15) is 11.6 Å². The molecule has 0 amide bonds. The molecule has 1 aromatic heterocycles. The van der Waals surface area contributed by atoms with E-state index in [0.717, 1.165) is 6.54 Å². The van der Waals surface area contributed by atoms with Crippen LogP contribution in [0.3, 0.4) is 0 Å². The Morgan fingerprint density at radius 1 is 1.24 bits per heavy atom. The summed E-state index contributed by atoms with van der Waals surface area (Å²) in [7, 11) is 5.02. The van der Waals surface area contributed by atoms with E-state index in [9.17, 15) is 13.2 Å². The molecule has 0 saturated heterocycles. The van der Waals surface area contributed by atoms with Crippen molar-refractivity contribution in [2.75, 3.05) is 58.1 Å². The highest BCUT2D eigenvalue weighted by atomic mass is 19.4. The van der Waals surface area contributed by atoms with Crippen LogP contribution in [0, 0.1) is 0 Å². The highest BCUT2D eigenvalue weighted by molar-refractivity contribution is 5.47. The van der Waals surface area contributed by atoms with Crippen LogP contribution in [-0.4, -0.2) is 62.3 Å². The summed E-state index contributed by atoms with van der Waals surface area (Å²) in [4.78, 5) is 8.88. The summed E-state index contributed by atoms with van der Waals surface area (Å²) in [6.45, 7) is 2.48. The molecule has 0 atom stereocenters. The van der Waals surface area contributed by atoms with Gasteiger partial charge in [0.25, 0.3) is 0 Å². The number of aromatic nitrogens is 2. The lowest BCUT2D eigenvalue weighted by molar-refractivity contribution is -0.144. The predicted octanol–water partition coefficient (Wildman–Crippen LogP) is 1.53. The van der Waals surface area contributed by atoms with E-state index in [1.807, 2.05) is 11.9 Å². The molecule has 1 rings (SSSR count). The maximum absolute atomic E-state index is 12.7. The molecule has 9 heteroatoms. The third-order valence-electron chi connectivity index (χ3n) is 2.71. The molecular weight excluding hydrogens is 287 g/mol. The minimum atomic E-state index is -4.57. The number of rotatable bonds is 8. The zero-order chi connectivity index (χ0) is 15.9. The average molecular weight is 307 g/mol. The van der Waals surface area contributed by atoms with Gasteiger partial charge in [-0.3, -0.25) is 0 Å². The zero-order valence-electron chi connectivity index (χ0n) is 12.3. The first-order valence-corrected chi connectivity index (χ1v) is 6.42. The number of nitrogens with zero attached hydrogens (tertiary/aromatic N) is 3. The molecule has 0 aromatic carbocycles. The van der Waals surface area contributed by atoms with E-state index in [2.05, 4.69) is 20.6 Å². The Balaban J connectivity index is 2.62. The largest absolute Gasteiger partial charge is 0.451 e. The van der Waals surface area contributed by atoms with Crippen molar-refractivity contribution in [3.63, 3.8) is 0 Å². The van der Waals surface area contributed by atoms with Crippen molar-refractivity contribution in [2.24, 2.45) is 0 Å². The van der Waals surface area contributed by atoms with Gasteiger partial charge < -0.3 is 20.3 Å². The minimum Gasteiger partial charge on any atom is -0.383 e. The smallest absolute Gasteiger partial charge is 0.383 e. The van der Waals surface area contributed by atoms with Crippen LogP contribution in [0.25, 0.3) is 0 Å². The van der Waals surface area contributed by atoms with Crippen molar-refractivity contribution in [3.05, 3.63) is 11.9 Å². The standard InChI is InChI=1S/C12H20F3N5O/c1-16-9-8-10(19-11(18-9)12(13,14)15)17-4-5-20(2)6-7-21-3/h8H,4-7H2,1-3H3,(H2,16,17,18,19). The average Bonchev–Trinajstić information content (AvgIpc) is 2.43. The lowest BCUT2D eigenvalue weighted by Gasteiger charge is -2.17.